The van der Waals surface area contributed by atoms with Crippen molar-refractivity contribution in [2.45, 2.75) is 13.5 Å². The molecule has 2 aromatic heterocycles. The first-order valence-corrected chi connectivity index (χ1v) is 4.94. The molecular formula is C10H11N5O2. The Morgan fingerprint density at radius 2 is 2.29 bits per heavy atom. The molecule has 0 bridgehead atoms. The van der Waals surface area contributed by atoms with Gasteiger partial charge in [0.05, 0.1) is 0 Å². The van der Waals surface area contributed by atoms with E-state index in [2.05, 4.69) is 25.2 Å². The van der Waals surface area contributed by atoms with Gasteiger partial charge in [0.15, 0.2) is 0 Å². The average molecular weight is 233 g/mol. The van der Waals surface area contributed by atoms with Gasteiger partial charge in [-0.2, -0.15) is 0 Å². The Hall–Kier alpha value is -2.44. The van der Waals surface area contributed by atoms with E-state index in [9.17, 15) is 4.79 Å². The highest BCUT2D eigenvalue weighted by molar-refractivity contribution is 5.95. The fraction of sp³-hybridized carbons (Fsp3) is 0.200. The van der Waals surface area contributed by atoms with E-state index in [-0.39, 0.29) is 11.5 Å². The van der Waals surface area contributed by atoms with Crippen LogP contribution in [0.5, 0.6) is 0 Å². The molecule has 2 aromatic rings. The van der Waals surface area contributed by atoms with Gasteiger partial charge in [0.1, 0.15) is 0 Å². The Morgan fingerprint density at radius 3 is 2.88 bits per heavy atom. The van der Waals surface area contributed by atoms with E-state index in [0.29, 0.717) is 6.54 Å². The third-order valence-corrected chi connectivity index (χ3v) is 2.15. The number of nitrogens with one attached hydrogen (secondary N) is 1. The third kappa shape index (κ3) is 2.57. The molecule has 7 heteroatoms. The summed E-state index contributed by atoms with van der Waals surface area (Å²) in [5.41, 5.74) is 7.19. The number of amides is 1. The summed E-state index contributed by atoms with van der Waals surface area (Å²) in [5.74, 6) is -0.450. The van der Waals surface area contributed by atoms with Gasteiger partial charge >= 0.3 is 0 Å². The van der Waals surface area contributed by atoms with Crippen molar-refractivity contribution in [2.24, 2.45) is 0 Å². The van der Waals surface area contributed by atoms with Gasteiger partial charge in [-0.15, -0.1) is 0 Å². The average Bonchev–Trinajstić information content (AvgIpc) is 2.74. The van der Waals surface area contributed by atoms with Crippen LogP contribution in [-0.2, 0) is 6.54 Å². The molecule has 0 saturated heterocycles. The summed E-state index contributed by atoms with van der Waals surface area (Å²) in [6, 6.07) is 3.75. The summed E-state index contributed by atoms with van der Waals surface area (Å²) in [6.45, 7) is 2.24. The van der Waals surface area contributed by atoms with Gasteiger partial charge in [-0.05, 0) is 28.9 Å². The zero-order valence-corrected chi connectivity index (χ0v) is 9.17. The Morgan fingerprint density at radius 1 is 1.47 bits per heavy atom. The van der Waals surface area contributed by atoms with Crippen LogP contribution in [0.4, 0.5) is 5.82 Å². The van der Waals surface area contributed by atoms with Gasteiger partial charge in [-0.1, -0.05) is 6.07 Å². The Balaban J connectivity index is 1.97. The lowest BCUT2D eigenvalue weighted by molar-refractivity contribution is 0.0941. The first kappa shape index (κ1) is 11.1. The number of carbonyl (C=O) groups is 1. The van der Waals surface area contributed by atoms with Crippen molar-refractivity contribution in [3.8, 4) is 0 Å². The largest absolute Gasteiger partial charge is 0.379 e. The summed E-state index contributed by atoms with van der Waals surface area (Å²) >= 11 is 0. The fourth-order valence-electron chi connectivity index (χ4n) is 1.22. The molecule has 0 radical (unpaired) electrons. The highest BCUT2D eigenvalue weighted by atomic mass is 16.6. The number of nitrogen functional groups attached to an aromatic ring is 1. The maximum atomic E-state index is 11.6. The molecule has 0 aliphatic rings. The van der Waals surface area contributed by atoms with Crippen molar-refractivity contribution in [1.82, 2.24) is 20.6 Å². The molecule has 0 atom stereocenters. The second-order valence-corrected chi connectivity index (χ2v) is 3.49. The molecule has 3 N–H and O–H groups in total. The number of nitrogens with two attached hydrogens (primary N) is 1. The summed E-state index contributed by atoms with van der Waals surface area (Å²) in [6.07, 6.45) is 1.69. The van der Waals surface area contributed by atoms with Gasteiger partial charge in [-0.3, -0.25) is 9.78 Å². The van der Waals surface area contributed by atoms with E-state index in [0.717, 1.165) is 11.3 Å². The molecule has 0 spiro atoms. The monoisotopic (exact) mass is 233 g/mol. The minimum Gasteiger partial charge on any atom is -0.379 e. The van der Waals surface area contributed by atoms with Crippen molar-refractivity contribution in [3.05, 3.63) is 35.3 Å². The van der Waals surface area contributed by atoms with E-state index in [1.807, 2.05) is 19.1 Å². The first-order chi connectivity index (χ1) is 8.16. The second kappa shape index (κ2) is 4.60. The van der Waals surface area contributed by atoms with Crippen molar-refractivity contribution in [2.75, 3.05) is 5.73 Å². The van der Waals surface area contributed by atoms with Crippen LogP contribution in [0.1, 0.15) is 21.7 Å². The molecule has 1 amide bonds. The molecule has 0 aliphatic heterocycles. The second-order valence-electron chi connectivity index (χ2n) is 3.49. The number of anilines is 1. The molecule has 2 rings (SSSR count). The lowest BCUT2D eigenvalue weighted by Crippen LogP contribution is -2.24. The molecular weight excluding hydrogens is 222 g/mol. The van der Waals surface area contributed by atoms with E-state index >= 15 is 0 Å². The molecule has 2 heterocycles. The van der Waals surface area contributed by atoms with E-state index in [1.54, 1.807) is 6.20 Å². The summed E-state index contributed by atoms with van der Waals surface area (Å²) in [4.78, 5) is 15.7. The number of nitrogens with zero attached hydrogens (tertiary/aromatic N) is 3. The summed E-state index contributed by atoms with van der Waals surface area (Å²) in [7, 11) is 0. The smallest absolute Gasteiger partial charge is 0.277 e. The van der Waals surface area contributed by atoms with Crippen molar-refractivity contribution < 1.29 is 9.42 Å². The molecule has 0 fully saturated rings. The normalized spacial score (nSPS) is 10.2. The maximum absolute atomic E-state index is 11.6. The van der Waals surface area contributed by atoms with E-state index in [4.69, 9.17) is 5.73 Å². The van der Waals surface area contributed by atoms with Gasteiger partial charge in [0.25, 0.3) is 5.91 Å². The molecule has 0 saturated carbocycles. The predicted octanol–water partition coefficient (Wildman–Crippen LogP) is 0.285. The Labute approximate surface area is 97.0 Å². The molecule has 17 heavy (non-hydrogen) atoms. The highest BCUT2D eigenvalue weighted by Gasteiger charge is 2.15. The van der Waals surface area contributed by atoms with Crippen molar-refractivity contribution in [3.63, 3.8) is 0 Å². The highest BCUT2D eigenvalue weighted by Crippen LogP contribution is 2.04. The zero-order valence-electron chi connectivity index (χ0n) is 9.17. The van der Waals surface area contributed by atoms with Crippen LogP contribution < -0.4 is 11.1 Å². The van der Waals surface area contributed by atoms with Crippen LogP contribution in [-0.4, -0.2) is 21.2 Å². The predicted molar refractivity (Wildman–Crippen MR) is 58.9 cm³/mol. The summed E-state index contributed by atoms with van der Waals surface area (Å²) in [5, 5.41) is 9.37. The topological polar surface area (TPSA) is 107 Å². The third-order valence-electron chi connectivity index (χ3n) is 2.15. The van der Waals surface area contributed by atoms with Crippen molar-refractivity contribution in [1.29, 1.82) is 0 Å². The number of aryl methyl sites for hydroxylation is 1. The van der Waals surface area contributed by atoms with Gasteiger partial charge in [0, 0.05) is 18.4 Å². The van der Waals surface area contributed by atoms with Crippen LogP contribution in [0.15, 0.2) is 23.0 Å². The van der Waals surface area contributed by atoms with Crippen LogP contribution in [0.2, 0.25) is 0 Å². The zero-order chi connectivity index (χ0) is 12.3. The number of hydrogen-bond acceptors (Lipinski definition) is 6. The van der Waals surface area contributed by atoms with Gasteiger partial charge < -0.3 is 11.1 Å². The maximum Gasteiger partial charge on any atom is 0.277 e. The van der Waals surface area contributed by atoms with E-state index < -0.39 is 5.91 Å². The minimum atomic E-state index is -0.427. The number of rotatable bonds is 3. The van der Waals surface area contributed by atoms with Gasteiger partial charge in [0.2, 0.25) is 11.5 Å². The van der Waals surface area contributed by atoms with E-state index in [1.165, 1.54) is 0 Å². The SMILES string of the molecule is Cc1ccc(CNC(=O)c2nonc2N)cn1. The minimum absolute atomic E-state index is 0.00919. The molecule has 88 valence electrons. The molecule has 0 unspecified atom stereocenters. The number of aromatic nitrogens is 3. The molecule has 0 aliphatic carbocycles. The van der Waals surface area contributed by atoms with Crippen molar-refractivity contribution >= 4 is 11.7 Å². The quantitative estimate of drug-likeness (QED) is 0.788. The van der Waals surface area contributed by atoms with Crippen LogP contribution in [0.3, 0.4) is 0 Å². The Bertz CT molecular complexity index is 520. The van der Waals surface area contributed by atoms with Crippen LogP contribution >= 0.6 is 0 Å². The first-order valence-electron chi connectivity index (χ1n) is 4.94. The standard InChI is InChI=1S/C10H11N5O2/c1-6-2-3-7(4-12-6)5-13-10(16)8-9(11)15-17-14-8/h2-4H,5H2,1H3,(H2,11,15)(H,13,16). The Kier molecular flexibility index (Phi) is 2.99. The summed E-state index contributed by atoms with van der Waals surface area (Å²) < 4.78 is 4.34. The molecule has 0 aromatic carbocycles. The fourth-order valence-corrected chi connectivity index (χ4v) is 1.22. The molecule has 7 nitrogen and oxygen atoms in total. The van der Waals surface area contributed by atoms with Crippen LogP contribution in [0.25, 0.3) is 0 Å². The van der Waals surface area contributed by atoms with Crippen LogP contribution in [0, 0.1) is 6.92 Å². The lowest BCUT2D eigenvalue weighted by Gasteiger charge is -2.03. The van der Waals surface area contributed by atoms with Gasteiger partial charge in [-0.25, -0.2) is 4.63 Å². The number of hydrogen-bond donors (Lipinski definition) is 2. The number of pyridine rings is 1. The number of carbonyl (C=O) groups excluding carboxylic acids is 1. The lowest BCUT2D eigenvalue weighted by atomic mass is 10.2.